The highest BCUT2D eigenvalue weighted by Crippen LogP contribution is 2.40. The molecular formula is C13H14Cl2N2O2S. The fourth-order valence-electron chi connectivity index (χ4n) is 2.72. The SMILES string of the molecule is CS(=O)(=O)C1CC(n2c(CCl)nc3cc(Cl)ccc32)C1. The predicted octanol–water partition coefficient (Wildman–Crippen LogP) is 3.18. The van der Waals surface area contributed by atoms with E-state index in [0.717, 1.165) is 16.9 Å². The lowest BCUT2D eigenvalue weighted by molar-refractivity contribution is 0.316. The number of hydrogen-bond donors (Lipinski definition) is 0. The van der Waals surface area contributed by atoms with E-state index in [1.54, 1.807) is 6.07 Å². The molecule has 1 aromatic heterocycles. The minimum Gasteiger partial charge on any atom is -0.324 e. The molecule has 4 nitrogen and oxygen atoms in total. The van der Waals surface area contributed by atoms with Crippen LogP contribution in [0.25, 0.3) is 11.0 Å². The first-order chi connectivity index (χ1) is 9.40. The molecule has 0 spiro atoms. The second-order valence-electron chi connectivity index (χ2n) is 5.24. The van der Waals surface area contributed by atoms with E-state index in [-0.39, 0.29) is 11.3 Å². The fourth-order valence-corrected chi connectivity index (χ4v) is 4.22. The highest BCUT2D eigenvalue weighted by molar-refractivity contribution is 7.91. The summed E-state index contributed by atoms with van der Waals surface area (Å²) in [4.78, 5) is 4.48. The summed E-state index contributed by atoms with van der Waals surface area (Å²) in [6.07, 6.45) is 2.54. The number of aromatic nitrogens is 2. The number of alkyl halides is 1. The van der Waals surface area contributed by atoms with Gasteiger partial charge in [-0.1, -0.05) is 11.6 Å². The minimum atomic E-state index is -2.96. The Hall–Kier alpha value is -0.780. The van der Waals surface area contributed by atoms with Crippen molar-refractivity contribution in [2.24, 2.45) is 0 Å². The molecule has 1 aromatic carbocycles. The van der Waals surface area contributed by atoms with Gasteiger partial charge in [-0.15, -0.1) is 11.6 Å². The highest BCUT2D eigenvalue weighted by Gasteiger charge is 2.38. The van der Waals surface area contributed by atoms with Gasteiger partial charge in [-0.25, -0.2) is 13.4 Å². The van der Waals surface area contributed by atoms with Crippen LogP contribution >= 0.6 is 23.2 Å². The molecule has 1 saturated carbocycles. The largest absolute Gasteiger partial charge is 0.324 e. The molecule has 20 heavy (non-hydrogen) atoms. The van der Waals surface area contributed by atoms with E-state index in [4.69, 9.17) is 23.2 Å². The number of rotatable bonds is 3. The lowest BCUT2D eigenvalue weighted by Gasteiger charge is -2.36. The fraction of sp³-hybridized carbons (Fsp3) is 0.462. The predicted molar refractivity (Wildman–Crippen MR) is 81.2 cm³/mol. The first-order valence-electron chi connectivity index (χ1n) is 6.31. The van der Waals surface area contributed by atoms with Crippen LogP contribution in [-0.2, 0) is 15.7 Å². The number of nitrogens with zero attached hydrogens (tertiary/aromatic N) is 2. The van der Waals surface area contributed by atoms with Crippen molar-refractivity contribution in [3.05, 3.63) is 29.0 Å². The first-order valence-corrected chi connectivity index (χ1v) is 9.18. The van der Waals surface area contributed by atoms with Crippen molar-refractivity contribution in [3.63, 3.8) is 0 Å². The molecule has 0 saturated heterocycles. The molecule has 0 N–H and O–H groups in total. The van der Waals surface area contributed by atoms with Crippen molar-refractivity contribution >= 4 is 44.1 Å². The van der Waals surface area contributed by atoms with Crippen LogP contribution in [-0.4, -0.2) is 29.5 Å². The van der Waals surface area contributed by atoms with Gasteiger partial charge in [0.1, 0.15) is 15.7 Å². The Morgan fingerprint density at radius 2 is 2.10 bits per heavy atom. The molecule has 108 valence electrons. The standard InChI is InChI=1S/C13H14Cl2N2O2S/c1-20(18,19)10-5-9(6-10)17-12-3-2-8(15)4-11(12)16-13(17)7-14/h2-4,9-10H,5-7H2,1H3. The summed E-state index contributed by atoms with van der Waals surface area (Å²) in [5, 5.41) is 0.381. The molecule has 1 aliphatic carbocycles. The summed E-state index contributed by atoms with van der Waals surface area (Å²) < 4.78 is 25.1. The van der Waals surface area contributed by atoms with Crippen molar-refractivity contribution < 1.29 is 8.42 Å². The van der Waals surface area contributed by atoms with Crippen LogP contribution in [0.5, 0.6) is 0 Å². The Balaban J connectivity index is 2.00. The van der Waals surface area contributed by atoms with E-state index in [1.807, 2.05) is 12.1 Å². The maximum Gasteiger partial charge on any atom is 0.150 e. The average Bonchev–Trinajstić information content (AvgIpc) is 2.63. The lowest BCUT2D eigenvalue weighted by Crippen LogP contribution is -2.37. The molecule has 1 heterocycles. The van der Waals surface area contributed by atoms with E-state index in [1.165, 1.54) is 6.26 Å². The van der Waals surface area contributed by atoms with E-state index < -0.39 is 9.84 Å². The van der Waals surface area contributed by atoms with Gasteiger partial charge in [0, 0.05) is 17.3 Å². The minimum absolute atomic E-state index is 0.148. The second-order valence-corrected chi connectivity index (χ2v) is 8.27. The van der Waals surface area contributed by atoms with Crippen molar-refractivity contribution in [3.8, 4) is 0 Å². The Morgan fingerprint density at radius 1 is 1.40 bits per heavy atom. The quantitative estimate of drug-likeness (QED) is 0.811. The molecule has 0 radical (unpaired) electrons. The van der Waals surface area contributed by atoms with Crippen LogP contribution in [0.4, 0.5) is 0 Å². The van der Waals surface area contributed by atoms with Crippen molar-refractivity contribution in [2.45, 2.75) is 30.0 Å². The zero-order chi connectivity index (χ0) is 14.5. The van der Waals surface area contributed by atoms with Gasteiger partial charge in [-0.05, 0) is 31.0 Å². The maximum atomic E-state index is 11.5. The zero-order valence-electron chi connectivity index (χ0n) is 10.9. The van der Waals surface area contributed by atoms with Gasteiger partial charge in [-0.3, -0.25) is 0 Å². The molecule has 0 bridgehead atoms. The van der Waals surface area contributed by atoms with Gasteiger partial charge < -0.3 is 4.57 Å². The van der Waals surface area contributed by atoms with Gasteiger partial charge in [0.25, 0.3) is 0 Å². The molecule has 0 aliphatic heterocycles. The third-order valence-corrected chi connectivity index (χ3v) is 5.95. The van der Waals surface area contributed by atoms with Gasteiger partial charge in [0.2, 0.25) is 0 Å². The van der Waals surface area contributed by atoms with E-state index >= 15 is 0 Å². The van der Waals surface area contributed by atoms with E-state index in [9.17, 15) is 8.42 Å². The molecule has 1 aliphatic rings. The summed E-state index contributed by atoms with van der Waals surface area (Å²) in [6, 6.07) is 5.67. The number of benzene rings is 1. The summed E-state index contributed by atoms with van der Waals surface area (Å²) in [5.74, 6) is 1.06. The Morgan fingerprint density at radius 3 is 2.70 bits per heavy atom. The number of halogens is 2. The third-order valence-electron chi connectivity index (χ3n) is 3.88. The van der Waals surface area contributed by atoms with Crippen LogP contribution in [0.15, 0.2) is 18.2 Å². The number of sulfone groups is 1. The molecule has 0 unspecified atom stereocenters. The smallest absolute Gasteiger partial charge is 0.150 e. The van der Waals surface area contributed by atoms with Crippen LogP contribution in [0.3, 0.4) is 0 Å². The van der Waals surface area contributed by atoms with Crippen molar-refractivity contribution in [2.75, 3.05) is 6.26 Å². The van der Waals surface area contributed by atoms with Gasteiger partial charge in [0.05, 0.1) is 22.2 Å². The first kappa shape index (κ1) is 14.2. The van der Waals surface area contributed by atoms with Gasteiger partial charge >= 0.3 is 0 Å². The molecule has 2 aromatic rings. The van der Waals surface area contributed by atoms with E-state index in [2.05, 4.69) is 9.55 Å². The number of fused-ring (bicyclic) bond motifs is 1. The number of hydrogen-bond acceptors (Lipinski definition) is 3. The Kier molecular flexibility index (Phi) is 3.47. The van der Waals surface area contributed by atoms with Crippen LogP contribution in [0.2, 0.25) is 5.02 Å². The van der Waals surface area contributed by atoms with Crippen molar-refractivity contribution in [1.29, 1.82) is 0 Å². The van der Waals surface area contributed by atoms with Crippen molar-refractivity contribution in [1.82, 2.24) is 9.55 Å². The van der Waals surface area contributed by atoms with E-state index in [0.29, 0.717) is 23.7 Å². The summed E-state index contributed by atoms with van der Waals surface area (Å²) >= 11 is 11.9. The maximum absolute atomic E-state index is 11.5. The zero-order valence-corrected chi connectivity index (χ0v) is 13.2. The number of imidazole rings is 1. The van der Waals surface area contributed by atoms with Crippen LogP contribution in [0.1, 0.15) is 24.7 Å². The molecular weight excluding hydrogens is 319 g/mol. The molecule has 3 rings (SSSR count). The highest BCUT2D eigenvalue weighted by atomic mass is 35.5. The Bertz CT molecular complexity index is 764. The normalized spacial score (nSPS) is 22.9. The lowest BCUT2D eigenvalue weighted by atomic mass is 9.91. The van der Waals surface area contributed by atoms with Gasteiger partial charge in [-0.2, -0.15) is 0 Å². The summed E-state index contributed by atoms with van der Waals surface area (Å²) in [5.41, 5.74) is 1.76. The van der Waals surface area contributed by atoms with Crippen LogP contribution in [0, 0.1) is 0 Å². The molecule has 0 atom stereocenters. The molecule has 0 amide bonds. The summed E-state index contributed by atoms with van der Waals surface area (Å²) in [7, 11) is -2.96. The third kappa shape index (κ3) is 2.32. The summed E-state index contributed by atoms with van der Waals surface area (Å²) in [6.45, 7) is 0. The Labute approximate surface area is 127 Å². The van der Waals surface area contributed by atoms with Crippen LogP contribution < -0.4 is 0 Å². The van der Waals surface area contributed by atoms with Gasteiger partial charge in [0.15, 0.2) is 0 Å². The second kappa shape index (κ2) is 4.90. The topological polar surface area (TPSA) is 52.0 Å². The average molecular weight is 333 g/mol. The molecule has 7 heteroatoms. The monoisotopic (exact) mass is 332 g/mol. The molecule has 1 fully saturated rings.